The van der Waals surface area contributed by atoms with E-state index >= 15 is 0 Å². The highest BCUT2D eigenvalue weighted by Gasteiger charge is 2.18. The fraction of sp³-hybridized carbons (Fsp3) is 0.500. The molecule has 9 heteroatoms. The van der Waals surface area contributed by atoms with Crippen LogP contribution in [0.1, 0.15) is 25.4 Å². The SMILES string of the molecule is CCOCCn1nc(C)c2nc(N(C)CC)nc(Nc3ccnc(C)n3)c21. The minimum absolute atomic E-state index is 0.579. The van der Waals surface area contributed by atoms with Gasteiger partial charge in [0, 0.05) is 26.4 Å². The van der Waals surface area contributed by atoms with E-state index in [0.29, 0.717) is 43.2 Å². The van der Waals surface area contributed by atoms with Gasteiger partial charge in [-0.05, 0) is 33.8 Å². The van der Waals surface area contributed by atoms with E-state index < -0.39 is 0 Å². The first-order valence-corrected chi connectivity index (χ1v) is 9.14. The molecule has 0 saturated carbocycles. The molecule has 0 aliphatic heterocycles. The van der Waals surface area contributed by atoms with Crippen molar-refractivity contribution in [3.8, 4) is 0 Å². The molecule has 0 atom stereocenters. The Morgan fingerprint density at radius 1 is 1.19 bits per heavy atom. The number of aryl methyl sites for hydroxylation is 2. The summed E-state index contributed by atoms with van der Waals surface area (Å²) in [5, 5.41) is 7.97. The lowest BCUT2D eigenvalue weighted by atomic mass is 10.3. The lowest BCUT2D eigenvalue weighted by Gasteiger charge is -2.17. The van der Waals surface area contributed by atoms with Gasteiger partial charge in [0.05, 0.1) is 18.8 Å². The van der Waals surface area contributed by atoms with E-state index in [0.717, 1.165) is 23.3 Å². The zero-order chi connectivity index (χ0) is 19.4. The average Bonchev–Trinajstić information content (AvgIpc) is 2.97. The first kappa shape index (κ1) is 19.0. The van der Waals surface area contributed by atoms with Crippen LogP contribution in [-0.4, -0.2) is 56.5 Å². The lowest BCUT2D eigenvalue weighted by molar-refractivity contribution is 0.137. The van der Waals surface area contributed by atoms with Crippen LogP contribution >= 0.6 is 0 Å². The zero-order valence-electron chi connectivity index (χ0n) is 16.5. The lowest BCUT2D eigenvalue weighted by Crippen LogP contribution is -2.19. The summed E-state index contributed by atoms with van der Waals surface area (Å²) in [6.07, 6.45) is 1.72. The van der Waals surface area contributed by atoms with Crippen molar-refractivity contribution in [2.24, 2.45) is 0 Å². The molecule has 0 radical (unpaired) electrons. The maximum Gasteiger partial charge on any atom is 0.227 e. The molecule has 0 unspecified atom stereocenters. The Morgan fingerprint density at radius 3 is 2.70 bits per heavy atom. The van der Waals surface area contributed by atoms with Crippen LogP contribution in [0.4, 0.5) is 17.6 Å². The molecule has 27 heavy (non-hydrogen) atoms. The summed E-state index contributed by atoms with van der Waals surface area (Å²) in [5.74, 6) is 2.69. The standard InChI is InChI=1S/C18H26N8O/c1-6-25(5)18-22-15-12(3)24-26(10-11-27-7-2)16(15)17(23-18)21-14-8-9-19-13(4)20-14/h8-9H,6-7,10-11H2,1-5H3,(H,19,20,21,22,23). The highest BCUT2D eigenvalue weighted by Crippen LogP contribution is 2.27. The minimum Gasteiger partial charge on any atom is -0.380 e. The van der Waals surface area contributed by atoms with Gasteiger partial charge in [0.2, 0.25) is 5.95 Å². The van der Waals surface area contributed by atoms with Gasteiger partial charge in [-0.3, -0.25) is 4.68 Å². The number of anilines is 3. The van der Waals surface area contributed by atoms with Crippen molar-refractivity contribution < 1.29 is 4.74 Å². The van der Waals surface area contributed by atoms with Gasteiger partial charge >= 0.3 is 0 Å². The first-order valence-electron chi connectivity index (χ1n) is 9.14. The molecule has 3 aromatic heterocycles. The predicted molar refractivity (Wildman–Crippen MR) is 106 cm³/mol. The van der Waals surface area contributed by atoms with Gasteiger partial charge in [-0.1, -0.05) is 0 Å². The molecule has 1 N–H and O–H groups in total. The smallest absolute Gasteiger partial charge is 0.227 e. The van der Waals surface area contributed by atoms with Crippen LogP contribution in [0.25, 0.3) is 11.0 Å². The highest BCUT2D eigenvalue weighted by atomic mass is 16.5. The molecule has 144 valence electrons. The number of aromatic nitrogens is 6. The van der Waals surface area contributed by atoms with Gasteiger partial charge in [0.15, 0.2) is 5.82 Å². The van der Waals surface area contributed by atoms with Gasteiger partial charge in [0.1, 0.15) is 22.7 Å². The van der Waals surface area contributed by atoms with Gasteiger partial charge < -0.3 is 15.0 Å². The normalized spacial score (nSPS) is 11.1. The van der Waals surface area contributed by atoms with E-state index in [1.165, 1.54) is 0 Å². The van der Waals surface area contributed by atoms with E-state index in [4.69, 9.17) is 14.7 Å². The van der Waals surface area contributed by atoms with Crippen LogP contribution in [0.3, 0.4) is 0 Å². The van der Waals surface area contributed by atoms with E-state index in [-0.39, 0.29) is 0 Å². The molecule has 0 fully saturated rings. The summed E-state index contributed by atoms with van der Waals surface area (Å²) in [6.45, 7) is 10.5. The zero-order valence-corrected chi connectivity index (χ0v) is 16.5. The second-order valence-electron chi connectivity index (χ2n) is 6.20. The van der Waals surface area contributed by atoms with Gasteiger partial charge in [-0.15, -0.1) is 0 Å². The molecule has 3 rings (SSSR count). The maximum atomic E-state index is 5.50. The Hall–Kier alpha value is -2.81. The third-order valence-corrected chi connectivity index (χ3v) is 4.23. The molecule has 9 nitrogen and oxygen atoms in total. The van der Waals surface area contributed by atoms with Crippen LogP contribution in [0, 0.1) is 13.8 Å². The molecule has 0 saturated heterocycles. The Kier molecular flexibility index (Phi) is 5.80. The summed E-state index contributed by atoms with van der Waals surface area (Å²) in [6, 6.07) is 1.82. The Morgan fingerprint density at radius 2 is 2.00 bits per heavy atom. The summed E-state index contributed by atoms with van der Waals surface area (Å²) in [4.78, 5) is 20.0. The largest absolute Gasteiger partial charge is 0.380 e. The Bertz CT molecular complexity index is 923. The molecule has 0 amide bonds. The third kappa shape index (κ3) is 4.13. The van der Waals surface area contributed by atoms with E-state index in [9.17, 15) is 0 Å². The predicted octanol–water partition coefficient (Wildman–Crippen LogP) is 2.47. The van der Waals surface area contributed by atoms with Crippen LogP contribution in [0.5, 0.6) is 0 Å². The second-order valence-corrected chi connectivity index (χ2v) is 6.20. The molecule has 3 aromatic rings. The van der Waals surface area contributed by atoms with Crippen LogP contribution < -0.4 is 10.2 Å². The molecule has 0 spiro atoms. The Balaban J connectivity index is 2.11. The average molecular weight is 370 g/mol. The van der Waals surface area contributed by atoms with Crippen LogP contribution in [0.2, 0.25) is 0 Å². The summed E-state index contributed by atoms with van der Waals surface area (Å²) in [7, 11) is 1.97. The maximum absolute atomic E-state index is 5.50. The van der Waals surface area contributed by atoms with Crippen molar-refractivity contribution in [2.45, 2.75) is 34.2 Å². The number of nitrogens with one attached hydrogen (secondary N) is 1. The van der Waals surface area contributed by atoms with Crippen molar-refractivity contribution in [2.75, 3.05) is 37.0 Å². The van der Waals surface area contributed by atoms with Gasteiger partial charge in [-0.2, -0.15) is 10.1 Å². The van der Waals surface area contributed by atoms with Crippen LogP contribution in [0.15, 0.2) is 12.3 Å². The molecular weight excluding hydrogens is 344 g/mol. The van der Waals surface area contributed by atoms with E-state index in [1.54, 1.807) is 6.20 Å². The molecular formula is C18H26N8O. The molecule has 0 aliphatic carbocycles. The number of rotatable bonds is 8. The van der Waals surface area contributed by atoms with E-state index in [2.05, 4.69) is 27.3 Å². The first-order chi connectivity index (χ1) is 13.0. The second kappa shape index (κ2) is 8.26. The van der Waals surface area contributed by atoms with Crippen molar-refractivity contribution in [1.82, 2.24) is 29.7 Å². The monoisotopic (exact) mass is 370 g/mol. The van der Waals surface area contributed by atoms with Gasteiger partial charge in [0.25, 0.3) is 0 Å². The number of hydrogen-bond donors (Lipinski definition) is 1. The van der Waals surface area contributed by atoms with Crippen LogP contribution in [-0.2, 0) is 11.3 Å². The molecule has 3 heterocycles. The van der Waals surface area contributed by atoms with Crippen molar-refractivity contribution >= 4 is 28.6 Å². The Labute approximate surface area is 158 Å². The third-order valence-electron chi connectivity index (χ3n) is 4.23. The molecule has 0 aromatic carbocycles. The quantitative estimate of drug-likeness (QED) is 0.604. The number of nitrogens with zero attached hydrogens (tertiary/aromatic N) is 7. The molecule has 0 aliphatic rings. The summed E-state index contributed by atoms with van der Waals surface area (Å²) in [5.41, 5.74) is 2.53. The fourth-order valence-electron chi connectivity index (χ4n) is 2.72. The molecule has 0 bridgehead atoms. The highest BCUT2D eigenvalue weighted by molar-refractivity contribution is 5.90. The number of hydrogen-bond acceptors (Lipinski definition) is 8. The summed E-state index contributed by atoms with van der Waals surface area (Å²) < 4.78 is 7.39. The van der Waals surface area contributed by atoms with Crippen molar-refractivity contribution in [3.05, 3.63) is 23.8 Å². The van der Waals surface area contributed by atoms with E-state index in [1.807, 2.05) is 43.5 Å². The summed E-state index contributed by atoms with van der Waals surface area (Å²) >= 11 is 0. The van der Waals surface area contributed by atoms with Crippen molar-refractivity contribution in [1.29, 1.82) is 0 Å². The number of fused-ring (bicyclic) bond motifs is 1. The topological polar surface area (TPSA) is 93.9 Å². The number of ether oxygens (including phenoxy) is 1. The van der Waals surface area contributed by atoms with Crippen molar-refractivity contribution in [3.63, 3.8) is 0 Å². The minimum atomic E-state index is 0.579. The fourth-order valence-corrected chi connectivity index (χ4v) is 2.72. The van der Waals surface area contributed by atoms with Gasteiger partial charge in [-0.25, -0.2) is 15.0 Å².